The van der Waals surface area contributed by atoms with Crippen molar-refractivity contribution in [3.63, 3.8) is 0 Å². The van der Waals surface area contributed by atoms with Crippen molar-refractivity contribution in [1.82, 2.24) is 0 Å². The molecular weight excluding hydrogens is 418 g/mol. The molecule has 6 heteroatoms. The topological polar surface area (TPSA) is 96.6 Å². The minimum absolute atomic E-state index is 0.513. The first-order valence-electron chi connectivity index (χ1n) is 10.8. The van der Waals surface area contributed by atoms with Gasteiger partial charge >= 0.3 is 11.9 Å². The molecule has 1 saturated carbocycles. The van der Waals surface area contributed by atoms with E-state index in [2.05, 4.69) is 6.07 Å². The van der Waals surface area contributed by atoms with Crippen molar-refractivity contribution in [2.75, 3.05) is 0 Å². The second-order valence-corrected chi connectivity index (χ2v) is 9.82. The molecule has 0 amide bonds. The van der Waals surface area contributed by atoms with Crippen molar-refractivity contribution < 1.29 is 24.2 Å². The Bertz CT molecular complexity index is 1110. The van der Waals surface area contributed by atoms with Crippen LogP contribution in [-0.4, -0.2) is 22.6 Å². The van der Waals surface area contributed by atoms with E-state index in [1.165, 1.54) is 6.08 Å². The van der Waals surface area contributed by atoms with Crippen molar-refractivity contribution >= 4 is 11.9 Å². The second kappa shape index (κ2) is 8.74. The van der Waals surface area contributed by atoms with Crippen molar-refractivity contribution in [2.45, 2.75) is 46.1 Å². The maximum atomic E-state index is 12.6. The van der Waals surface area contributed by atoms with Gasteiger partial charge in [-0.25, -0.2) is 4.79 Å². The number of allylic oxidation sites excluding steroid dienone is 1. The highest BCUT2D eigenvalue weighted by Crippen LogP contribution is 2.75. The molecular formula is C27H29NO5. The second-order valence-electron chi connectivity index (χ2n) is 9.82. The molecule has 6 nitrogen and oxygen atoms in total. The SMILES string of the molecule is CC(C)(C)OC(=O)/C=C\[C@H]1C(C)(C)[C@]1(C(=O)O)[C@@H](C#N)c1cccc(Oc2ccccc2)c1. The summed E-state index contributed by atoms with van der Waals surface area (Å²) in [6.45, 7) is 8.90. The van der Waals surface area contributed by atoms with Crippen LogP contribution in [0.3, 0.4) is 0 Å². The quantitative estimate of drug-likeness (QED) is 0.431. The predicted molar refractivity (Wildman–Crippen MR) is 124 cm³/mol. The van der Waals surface area contributed by atoms with Crippen LogP contribution in [0, 0.1) is 28.1 Å². The number of carboxylic acid groups (broad SMARTS) is 1. The van der Waals surface area contributed by atoms with Gasteiger partial charge in [0.05, 0.1) is 12.0 Å². The van der Waals surface area contributed by atoms with Crippen molar-refractivity contribution in [1.29, 1.82) is 5.26 Å². The summed E-state index contributed by atoms with van der Waals surface area (Å²) < 4.78 is 11.2. The molecule has 3 atom stereocenters. The van der Waals surface area contributed by atoms with Crippen LogP contribution < -0.4 is 4.74 Å². The van der Waals surface area contributed by atoms with Gasteiger partial charge < -0.3 is 14.6 Å². The van der Waals surface area contributed by atoms with E-state index in [0.717, 1.165) is 0 Å². The molecule has 33 heavy (non-hydrogen) atoms. The summed E-state index contributed by atoms with van der Waals surface area (Å²) >= 11 is 0. The first kappa shape index (κ1) is 24.1. The minimum Gasteiger partial charge on any atom is -0.481 e. The third-order valence-electron chi connectivity index (χ3n) is 6.19. The lowest BCUT2D eigenvalue weighted by Crippen LogP contribution is -2.28. The molecule has 0 aromatic heterocycles. The number of esters is 1. The molecule has 0 saturated heterocycles. The molecule has 2 aromatic rings. The number of carboxylic acids is 1. The largest absolute Gasteiger partial charge is 0.481 e. The molecule has 3 rings (SSSR count). The number of hydrogen-bond acceptors (Lipinski definition) is 5. The first-order chi connectivity index (χ1) is 15.4. The van der Waals surface area contributed by atoms with E-state index in [0.29, 0.717) is 17.1 Å². The fourth-order valence-electron chi connectivity index (χ4n) is 4.65. The van der Waals surface area contributed by atoms with E-state index in [4.69, 9.17) is 9.47 Å². The number of aliphatic carboxylic acids is 1. The number of carbonyl (C=O) groups is 2. The van der Waals surface area contributed by atoms with Crippen LogP contribution in [0.5, 0.6) is 11.5 Å². The third kappa shape index (κ3) is 4.63. The maximum absolute atomic E-state index is 12.6. The van der Waals surface area contributed by atoms with E-state index < -0.39 is 40.2 Å². The predicted octanol–water partition coefficient (Wildman–Crippen LogP) is 5.71. The fraction of sp³-hybridized carbons (Fsp3) is 0.370. The molecule has 1 aliphatic carbocycles. The van der Waals surface area contributed by atoms with Gasteiger partial charge in [0.2, 0.25) is 0 Å². The number of ether oxygens (including phenoxy) is 2. The lowest BCUT2D eigenvalue weighted by atomic mass is 9.78. The first-order valence-corrected chi connectivity index (χ1v) is 10.8. The minimum atomic E-state index is -1.40. The van der Waals surface area contributed by atoms with Gasteiger partial charge in [0.25, 0.3) is 0 Å². The number of nitriles is 1. The van der Waals surface area contributed by atoms with Crippen LogP contribution in [0.25, 0.3) is 0 Å². The Kier molecular flexibility index (Phi) is 6.37. The molecule has 0 radical (unpaired) electrons. The Morgan fingerprint density at radius 1 is 1.09 bits per heavy atom. The van der Waals surface area contributed by atoms with E-state index in [9.17, 15) is 20.0 Å². The van der Waals surface area contributed by atoms with Gasteiger partial charge in [-0.05, 0) is 56.0 Å². The lowest BCUT2D eigenvalue weighted by molar-refractivity contribution is -0.149. The Balaban J connectivity index is 1.93. The summed E-state index contributed by atoms with van der Waals surface area (Å²) in [5.41, 5.74) is -2.26. The highest BCUT2D eigenvalue weighted by Gasteiger charge is 2.78. The number of carbonyl (C=O) groups excluding carboxylic acids is 1. The van der Waals surface area contributed by atoms with Crippen molar-refractivity contribution in [2.24, 2.45) is 16.7 Å². The molecule has 2 aromatic carbocycles. The summed E-state index contributed by atoms with van der Waals surface area (Å²) in [6.07, 6.45) is 2.84. The van der Waals surface area contributed by atoms with Gasteiger partial charge in [-0.2, -0.15) is 5.26 Å². The average molecular weight is 448 g/mol. The van der Waals surface area contributed by atoms with E-state index in [-0.39, 0.29) is 0 Å². The normalized spacial score (nSPS) is 22.2. The molecule has 0 bridgehead atoms. The highest BCUT2D eigenvalue weighted by atomic mass is 16.6. The highest BCUT2D eigenvalue weighted by molar-refractivity contribution is 5.86. The number of nitrogens with zero attached hydrogens (tertiary/aromatic N) is 1. The van der Waals surface area contributed by atoms with Gasteiger partial charge in [0.15, 0.2) is 0 Å². The molecule has 0 aliphatic heterocycles. The zero-order chi connectivity index (χ0) is 24.4. The number of para-hydroxylation sites is 1. The molecule has 0 heterocycles. The summed E-state index contributed by atoms with van der Waals surface area (Å²) in [4.78, 5) is 24.8. The van der Waals surface area contributed by atoms with E-state index >= 15 is 0 Å². The molecule has 172 valence electrons. The molecule has 0 spiro atoms. The third-order valence-corrected chi connectivity index (χ3v) is 6.19. The Morgan fingerprint density at radius 2 is 1.73 bits per heavy atom. The summed E-state index contributed by atoms with van der Waals surface area (Å²) in [5, 5.41) is 20.4. The van der Waals surface area contributed by atoms with Crippen LogP contribution in [0.1, 0.15) is 46.1 Å². The molecule has 1 fully saturated rings. The molecule has 1 aliphatic rings. The standard InChI is InChI=1S/C27H29NO5/c1-25(2,3)33-23(29)15-14-22-26(4,5)27(22,24(30)31)21(17-28)18-10-9-13-20(16-18)32-19-11-7-6-8-12-19/h6-16,21-22H,1-5H3,(H,30,31)/b15-14-/t21-,22-,27+/m0/s1. The van der Waals surface area contributed by atoms with Gasteiger partial charge in [0.1, 0.15) is 22.5 Å². The van der Waals surface area contributed by atoms with Crippen LogP contribution >= 0.6 is 0 Å². The molecule has 1 N–H and O–H groups in total. The summed E-state index contributed by atoms with van der Waals surface area (Å²) in [6, 6.07) is 18.4. The lowest BCUT2D eigenvalue weighted by Gasteiger charge is -2.22. The Hall–Kier alpha value is -3.59. The zero-order valence-electron chi connectivity index (χ0n) is 19.5. The van der Waals surface area contributed by atoms with Crippen LogP contribution in [0.15, 0.2) is 66.7 Å². The Morgan fingerprint density at radius 3 is 2.30 bits per heavy atom. The summed E-state index contributed by atoms with van der Waals surface area (Å²) in [7, 11) is 0. The van der Waals surface area contributed by atoms with Gasteiger partial charge in [-0.3, -0.25) is 4.79 Å². The number of benzene rings is 2. The fourth-order valence-corrected chi connectivity index (χ4v) is 4.65. The number of hydrogen-bond donors (Lipinski definition) is 1. The zero-order valence-corrected chi connectivity index (χ0v) is 19.5. The van der Waals surface area contributed by atoms with Crippen LogP contribution in [0.4, 0.5) is 0 Å². The Labute approximate surface area is 194 Å². The van der Waals surface area contributed by atoms with Crippen LogP contribution in [-0.2, 0) is 14.3 Å². The maximum Gasteiger partial charge on any atom is 0.330 e. The van der Waals surface area contributed by atoms with E-state index in [1.807, 2.05) is 30.3 Å². The van der Waals surface area contributed by atoms with Crippen molar-refractivity contribution in [3.05, 3.63) is 72.3 Å². The average Bonchev–Trinajstić information content (AvgIpc) is 3.22. The van der Waals surface area contributed by atoms with Crippen LogP contribution in [0.2, 0.25) is 0 Å². The van der Waals surface area contributed by atoms with E-state index in [1.54, 1.807) is 65.0 Å². The van der Waals surface area contributed by atoms with Crippen molar-refractivity contribution in [3.8, 4) is 17.6 Å². The summed E-state index contributed by atoms with van der Waals surface area (Å²) in [5.74, 6) is -1.95. The van der Waals surface area contributed by atoms with Gasteiger partial charge in [-0.1, -0.05) is 50.3 Å². The smallest absolute Gasteiger partial charge is 0.330 e. The number of rotatable bonds is 7. The van der Waals surface area contributed by atoms with Gasteiger partial charge in [0, 0.05) is 12.0 Å². The molecule has 0 unspecified atom stereocenters. The van der Waals surface area contributed by atoms with Gasteiger partial charge in [-0.15, -0.1) is 0 Å². The monoisotopic (exact) mass is 447 g/mol.